The molecule has 2 aromatic rings. The Morgan fingerprint density at radius 2 is 2.26 bits per heavy atom. The van der Waals surface area contributed by atoms with Crippen LogP contribution in [0.3, 0.4) is 0 Å². The summed E-state index contributed by atoms with van der Waals surface area (Å²) in [6.07, 6.45) is 5.54. The number of nitrogens with one attached hydrogen (secondary N) is 1. The van der Waals surface area contributed by atoms with Crippen LogP contribution in [0.25, 0.3) is 0 Å². The number of anilines is 1. The Balaban J connectivity index is 1.86. The zero-order valence-electron chi connectivity index (χ0n) is 11.3. The third-order valence-electron chi connectivity index (χ3n) is 3.89. The fraction of sp³-hybridized carbons (Fsp3) is 0.400. The summed E-state index contributed by atoms with van der Waals surface area (Å²) in [6, 6.07) is 6.82. The highest BCUT2D eigenvalue weighted by Gasteiger charge is 2.23. The predicted molar refractivity (Wildman–Crippen MR) is 81.4 cm³/mol. The molecule has 0 amide bonds. The van der Waals surface area contributed by atoms with Crippen molar-refractivity contribution < 1.29 is 0 Å². The monoisotopic (exact) mass is 319 g/mol. The lowest BCUT2D eigenvalue weighted by atomic mass is 9.93. The molecule has 0 radical (unpaired) electrons. The van der Waals surface area contributed by atoms with E-state index in [1.807, 2.05) is 17.9 Å². The standard InChI is InChI=1S/C15H18BrN3/c1-10-6-7-11(8-13(10)16)18-14-4-3-5-15-12(14)9-17-19(15)2/h6-9,14,18H,3-5H2,1-2H3. The van der Waals surface area contributed by atoms with E-state index < -0.39 is 0 Å². The van der Waals surface area contributed by atoms with Crippen LogP contribution in [0.4, 0.5) is 5.69 Å². The second-order valence-corrected chi connectivity index (χ2v) is 6.08. The van der Waals surface area contributed by atoms with E-state index in [0.29, 0.717) is 6.04 Å². The van der Waals surface area contributed by atoms with E-state index in [1.165, 1.54) is 35.3 Å². The van der Waals surface area contributed by atoms with E-state index in [2.05, 4.69) is 51.5 Å². The van der Waals surface area contributed by atoms with Crippen LogP contribution in [0.5, 0.6) is 0 Å². The molecule has 1 aliphatic carbocycles. The fourth-order valence-electron chi connectivity index (χ4n) is 2.74. The van der Waals surface area contributed by atoms with Crippen LogP contribution in [0.2, 0.25) is 0 Å². The summed E-state index contributed by atoms with van der Waals surface area (Å²) in [6.45, 7) is 2.10. The molecule has 0 bridgehead atoms. The number of halogens is 1. The van der Waals surface area contributed by atoms with Crippen molar-refractivity contribution in [3.8, 4) is 0 Å². The number of benzene rings is 1. The summed E-state index contributed by atoms with van der Waals surface area (Å²) in [4.78, 5) is 0. The van der Waals surface area contributed by atoms with E-state index in [1.54, 1.807) is 0 Å². The molecule has 0 fully saturated rings. The highest BCUT2D eigenvalue weighted by Crippen LogP contribution is 2.33. The lowest BCUT2D eigenvalue weighted by molar-refractivity contribution is 0.571. The lowest BCUT2D eigenvalue weighted by Gasteiger charge is -2.25. The van der Waals surface area contributed by atoms with Crippen LogP contribution < -0.4 is 5.32 Å². The SMILES string of the molecule is Cc1ccc(NC2CCCc3c2cnn3C)cc1Br. The quantitative estimate of drug-likeness (QED) is 0.907. The molecule has 1 aliphatic rings. The molecule has 3 nitrogen and oxygen atoms in total. The van der Waals surface area contributed by atoms with Crippen molar-refractivity contribution in [3.63, 3.8) is 0 Å². The van der Waals surface area contributed by atoms with E-state index in [0.717, 1.165) is 10.9 Å². The van der Waals surface area contributed by atoms with Gasteiger partial charge in [0.2, 0.25) is 0 Å². The van der Waals surface area contributed by atoms with Gasteiger partial charge in [0.15, 0.2) is 0 Å². The van der Waals surface area contributed by atoms with Crippen LogP contribution in [0, 0.1) is 6.92 Å². The molecule has 1 heterocycles. The fourth-order valence-corrected chi connectivity index (χ4v) is 3.12. The first kappa shape index (κ1) is 12.7. The maximum atomic E-state index is 4.39. The van der Waals surface area contributed by atoms with Gasteiger partial charge in [0.1, 0.15) is 0 Å². The third-order valence-corrected chi connectivity index (χ3v) is 4.74. The maximum Gasteiger partial charge on any atom is 0.0547 e. The van der Waals surface area contributed by atoms with Crippen molar-refractivity contribution in [1.82, 2.24) is 9.78 Å². The second-order valence-electron chi connectivity index (χ2n) is 5.22. The van der Waals surface area contributed by atoms with Gasteiger partial charge in [-0.05, 0) is 43.9 Å². The molecule has 1 aromatic carbocycles. The number of aromatic nitrogens is 2. The van der Waals surface area contributed by atoms with Crippen molar-refractivity contribution in [1.29, 1.82) is 0 Å². The van der Waals surface area contributed by atoms with E-state index in [9.17, 15) is 0 Å². The van der Waals surface area contributed by atoms with Crippen molar-refractivity contribution in [3.05, 3.63) is 45.7 Å². The average Bonchev–Trinajstić information content (AvgIpc) is 2.77. The van der Waals surface area contributed by atoms with Gasteiger partial charge >= 0.3 is 0 Å². The van der Waals surface area contributed by atoms with Gasteiger partial charge in [0, 0.05) is 28.5 Å². The van der Waals surface area contributed by atoms with Gasteiger partial charge in [-0.3, -0.25) is 4.68 Å². The van der Waals surface area contributed by atoms with Gasteiger partial charge in [-0.25, -0.2) is 0 Å². The summed E-state index contributed by atoms with van der Waals surface area (Å²) in [5, 5.41) is 8.02. The summed E-state index contributed by atoms with van der Waals surface area (Å²) in [7, 11) is 2.03. The minimum absolute atomic E-state index is 0.382. The van der Waals surface area contributed by atoms with Gasteiger partial charge in [-0.1, -0.05) is 22.0 Å². The number of nitrogens with zero attached hydrogens (tertiary/aromatic N) is 2. The Labute approximate surface area is 122 Å². The van der Waals surface area contributed by atoms with Gasteiger partial charge in [0.05, 0.1) is 12.2 Å². The van der Waals surface area contributed by atoms with Crippen LogP contribution in [-0.2, 0) is 13.5 Å². The zero-order chi connectivity index (χ0) is 13.4. The molecular weight excluding hydrogens is 302 g/mol. The molecule has 0 saturated heterocycles. The van der Waals surface area contributed by atoms with Gasteiger partial charge in [0.25, 0.3) is 0 Å². The normalized spacial score (nSPS) is 18.2. The van der Waals surface area contributed by atoms with Crippen molar-refractivity contribution in [2.75, 3.05) is 5.32 Å². The summed E-state index contributed by atoms with van der Waals surface area (Å²) in [5.74, 6) is 0. The number of hydrogen-bond donors (Lipinski definition) is 1. The number of fused-ring (bicyclic) bond motifs is 1. The molecular formula is C15H18BrN3. The topological polar surface area (TPSA) is 29.9 Å². The van der Waals surface area contributed by atoms with Crippen LogP contribution in [-0.4, -0.2) is 9.78 Å². The highest BCUT2D eigenvalue weighted by molar-refractivity contribution is 9.10. The smallest absolute Gasteiger partial charge is 0.0547 e. The Morgan fingerprint density at radius 1 is 1.42 bits per heavy atom. The molecule has 0 spiro atoms. The van der Waals surface area contributed by atoms with Crippen molar-refractivity contribution in [2.45, 2.75) is 32.2 Å². The molecule has 19 heavy (non-hydrogen) atoms. The predicted octanol–water partition coefficient (Wildman–Crippen LogP) is 3.98. The Morgan fingerprint density at radius 3 is 3.05 bits per heavy atom. The zero-order valence-corrected chi connectivity index (χ0v) is 12.9. The van der Waals surface area contributed by atoms with E-state index in [-0.39, 0.29) is 0 Å². The Bertz CT molecular complexity index is 603. The Hall–Kier alpha value is -1.29. The Kier molecular flexibility index (Phi) is 3.35. The molecule has 0 saturated carbocycles. The van der Waals surface area contributed by atoms with Crippen molar-refractivity contribution in [2.24, 2.45) is 7.05 Å². The summed E-state index contributed by atoms with van der Waals surface area (Å²) >= 11 is 3.59. The van der Waals surface area contributed by atoms with E-state index >= 15 is 0 Å². The van der Waals surface area contributed by atoms with Gasteiger partial charge in [-0.15, -0.1) is 0 Å². The van der Waals surface area contributed by atoms with Gasteiger partial charge < -0.3 is 5.32 Å². The molecule has 1 aromatic heterocycles. The minimum atomic E-state index is 0.382. The first-order chi connectivity index (χ1) is 9.15. The van der Waals surface area contributed by atoms with Crippen molar-refractivity contribution >= 4 is 21.6 Å². The molecule has 1 N–H and O–H groups in total. The minimum Gasteiger partial charge on any atom is -0.378 e. The van der Waals surface area contributed by atoms with Crippen LogP contribution in [0.1, 0.15) is 35.7 Å². The number of aryl methyl sites for hydroxylation is 2. The summed E-state index contributed by atoms with van der Waals surface area (Å²) in [5.41, 5.74) is 5.15. The van der Waals surface area contributed by atoms with E-state index in [4.69, 9.17) is 0 Å². The second kappa shape index (κ2) is 5.00. The molecule has 1 unspecified atom stereocenters. The molecule has 100 valence electrons. The average molecular weight is 320 g/mol. The first-order valence-electron chi connectivity index (χ1n) is 6.68. The molecule has 1 atom stereocenters. The highest BCUT2D eigenvalue weighted by atomic mass is 79.9. The molecule has 4 heteroatoms. The lowest BCUT2D eigenvalue weighted by Crippen LogP contribution is -2.17. The summed E-state index contributed by atoms with van der Waals surface area (Å²) < 4.78 is 3.16. The molecule has 3 rings (SSSR count). The number of rotatable bonds is 2. The largest absolute Gasteiger partial charge is 0.378 e. The van der Waals surface area contributed by atoms with Crippen LogP contribution >= 0.6 is 15.9 Å². The van der Waals surface area contributed by atoms with Gasteiger partial charge in [-0.2, -0.15) is 5.10 Å². The maximum absolute atomic E-state index is 4.39. The third kappa shape index (κ3) is 2.41. The number of hydrogen-bond acceptors (Lipinski definition) is 2. The molecule has 0 aliphatic heterocycles. The van der Waals surface area contributed by atoms with Crippen LogP contribution in [0.15, 0.2) is 28.9 Å². The first-order valence-corrected chi connectivity index (χ1v) is 7.48.